The summed E-state index contributed by atoms with van der Waals surface area (Å²) in [6.45, 7) is 0.377. The Morgan fingerprint density at radius 1 is 1.11 bits per heavy atom. The van der Waals surface area contributed by atoms with Gasteiger partial charge in [-0.1, -0.05) is 30.3 Å². The van der Waals surface area contributed by atoms with Crippen LogP contribution in [0.4, 0.5) is 11.4 Å². The lowest BCUT2D eigenvalue weighted by molar-refractivity contribution is -0.385. The first kappa shape index (κ1) is 19.6. The highest BCUT2D eigenvalue weighted by Crippen LogP contribution is 2.30. The molecule has 0 aliphatic heterocycles. The summed E-state index contributed by atoms with van der Waals surface area (Å²) in [4.78, 5) is 22.8. The number of aromatic hydroxyl groups is 1. The summed E-state index contributed by atoms with van der Waals surface area (Å²) in [6.07, 6.45) is 0. The van der Waals surface area contributed by atoms with Crippen molar-refractivity contribution in [1.29, 1.82) is 0 Å². The first-order chi connectivity index (χ1) is 13.4. The number of nitro benzene ring substituents is 1. The fraction of sp³-hybridized carbons (Fsp3) is 0.0500. The van der Waals surface area contributed by atoms with Crippen molar-refractivity contribution in [2.75, 3.05) is 5.32 Å². The second kappa shape index (κ2) is 8.70. The second-order valence-electron chi connectivity index (χ2n) is 5.83. The van der Waals surface area contributed by atoms with Crippen LogP contribution >= 0.6 is 22.6 Å². The third-order valence-corrected chi connectivity index (χ3v) is 4.69. The predicted octanol–water partition coefficient (Wildman–Crippen LogP) is 4.74. The molecule has 3 rings (SSSR count). The summed E-state index contributed by atoms with van der Waals surface area (Å²) in [5.74, 6) is -0.167. The molecule has 142 valence electrons. The summed E-state index contributed by atoms with van der Waals surface area (Å²) in [5, 5.41) is 23.7. The Morgan fingerprint density at radius 2 is 1.79 bits per heavy atom. The largest absolute Gasteiger partial charge is 0.506 e. The Labute approximate surface area is 174 Å². The molecule has 0 atom stereocenters. The molecular weight excluding hydrogens is 475 g/mol. The van der Waals surface area contributed by atoms with Gasteiger partial charge in [-0.05, 0) is 52.4 Å². The SMILES string of the molecule is O=C(Nc1ccc(COc2ccccc2)cc1)c1cc([N+](=O)[O-])cc(I)c1O. The summed E-state index contributed by atoms with van der Waals surface area (Å²) >= 11 is 1.74. The number of nitrogens with zero attached hydrogens (tertiary/aromatic N) is 1. The van der Waals surface area contributed by atoms with Crippen molar-refractivity contribution in [3.8, 4) is 11.5 Å². The van der Waals surface area contributed by atoms with E-state index in [2.05, 4.69) is 5.32 Å². The molecule has 0 unspecified atom stereocenters. The molecule has 0 aliphatic carbocycles. The predicted molar refractivity (Wildman–Crippen MR) is 113 cm³/mol. The molecule has 0 aliphatic rings. The number of rotatable bonds is 6. The fourth-order valence-corrected chi connectivity index (χ4v) is 3.04. The van der Waals surface area contributed by atoms with Crippen molar-refractivity contribution >= 4 is 39.9 Å². The highest BCUT2D eigenvalue weighted by Gasteiger charge is 2.20. The summed E-state index contributed by atoms with van der Waals surface area (Å²) in [5.41, 5.74) is 0.986. The normalized spacial score (nSPS) is 10.3. The maximum Gasteiger partial charge on any atom is 0.271 e. The van der Waals surface area contributed by atoms with Gasteiger partial charge in [0.05, 0.1) is 14.1 Å². The van der Waals surface area contributed by atoms with E-state index in [0.29, 0.717) is 12.3 Å². The van der Waals surface area contributed by atoms with Gasteiger partial charge in [-0.15, -0.1) is 0 Å². The second-order valence-corrected chi connectivity index (χ2v) is 7.00. The van der Waals surface area contributed by atoms with Crippen molar-refractivity contribution in [3.05, 3.63) is 91.5 Å². The van der Waals surface area contributed by atoms with E-state index in [9.17, 15) is 20.0 Å². The summed E-state index contributed by atoms with van der Waals surface area (Å²) < 4.78 is 5.89. The zero-order chi connectivity index (χ0) is 20.1. The van der Waals surface area contributed by atoms with Gasteiger partial charge in [-0.25, -0.2) is 0 Å². The Bertz CT molecular complexity index is 1010. The summed E-state index contributed by atoms with van der Waals surface area (Å²) in [6, 6.07) is 18.7. The number of phenols is 1. The van der Waals surface area contributed by atoms with Crippen LogP contribution in [0.1, 0.15) is 15.9 Å². The number of halogens is 1. The van der Waals surface area contributed by atoms with Crippen molar-refractivity contribution in [3.63, 3.8) is 0 Å². The van der Waals surface area contributed by atoms with Crippen LogP contribution in [0.3, 0.4) is 0 Å². The number of hydrogen-bond acceptors (Lipinski definition) is 5. The van der Waals surface area contributed by atoms with E-state index in [1.807, 2.05) is 30.3 Å². The standard InChI is InChI=1S/C20H15IN2O5/c21-18-11-15(23(26)27)10-17(19(18)24)20(25)22-14-8-6-13(7-9-14)12-28-16-4-2-1-3-5-16/h1-11,24H,12H2,(H,22,25). The monoisotopic (exact) mass is 490 g/mol. The molecule has 8 heteroatoms. The van der Waals surface area contributed by atoms with Crippen LogP contribution in [0.5, 0.6) is 11.5 Å². The number of benzene rings is 3. The van der Waals surface area contributed by atoms with Crippen LogP contribution in [0.25, 0.3) is 0 Å². The van der Waals surface area contributed by atoms with E-state index < -0.39 is 10.8 Å². The van der Waals surface area contributed by atoms with E-state index in [1.165, 1.54) is 6.07 Å². The van der Waals surface area contributed by atoms with Crippen LogP contribution in [-0.2, 0) is 6.61 Å². The van der Waals surface area contributed by atoms with Gasteiger partial charge in [-0.3, -0.25) is 14.9 Å². The zero-order valence-electron chi connectivity index (χ0n) is 14.5. The van der Waals surface area contributed by atoms with Crippen molar-refractivity contribution < 1.29 is 19.6 Å². The number of carbonyl (C=O) groups is 1. The minimum Gasteiger partial charge on any atom is -0.506 e. The number of para-hydroxylation sites is 1. The van der Waals surface area contributed by atoms with Gasteiger partial charge < -0.3 is 15.2 Å². The number of carbonyl (C=O) groups excluding carboxylic acids is 1. The van der Waals surface area contributed by atoms with Crippen LogP contribution in [0.2, 0.25) is 0 Å². The van der Waals surface area contributed by atoms with Gasteiger partial charge in [0.1, 0.15) is 18.1 Å². The van der Waals surface area contributed by atoms with E-state index in [0.717, 1.165) is 17.4 Å². The number of anilines is 1. The molecule has 3 aromatic carbocycles. The van der Waals surface area contributed by atoms with E-state index >= 15 is 0 Å². The number of nitrogens with one attached hydrogen (secondary N) is 1. The van der Waals surface area contributed by atoms with Crippen molar-refractivity contribution in [1.82, 2.24) is 0 Å². The van der Waals surface area contributed by atoms with Gasteiger partial charge in [0.15, 0.2) is 0 Å². The Balaban J connectivity index is 1.69. The quantitative estimate of drug-likeness (QED) is 0.296. The first-order valence-corrected chi connectivity index (χ1v) is 9.27. The number of ether oxygens (including phenoxy) is 1. The van der Waals surface area contributed by atoms with Crippen LogP contribution in [-0.4, -0.2) is 15.9 Å². The Hall–Kier alpha value is -3.14. The Morgan fingerprint density at radius 3 is 2.43 bits per heavy atom. The average Bonchev–Trinajstić information content (AvgIpc) is 2.70. The smallest absolute Gasteiger partial charge is 0.271 e. The van der Waals surface area contributed by atoms with E-state index in [-0.39, 0.29) is 20.6 Å². The van der Waals surface area contributed by atoms with Crippen LogP contribution < -0.4 is 10.1 Å². The highest BCUT2D eigenvalue weighted by molar-refractivity contribution is 14.1. The molecule has 0 aromatic heterocycles. The minimum atomic E-state index is -0.632. The molecular formula is C20H15IN2O5. The molecule has 0 bridgehead atoms. The fourth-order valence-electron chi connectivity index (χ4n) is 2.43. The molecule has 7 nitrogen and oxygen atoms in total. The number of hydrogen-bond donors (Lipinski definition) is 2. The highest BCUT2D eigenvalue weighted by atomic mass is 127. The minimum absolute atomic E-state index is 0.157. The van der Waals surface area contributed by atoms with Gasteiger partial charge >= 0.3 is 0 Å². The van der Waals surface area contributed by atoms with Gasteiger partial charge in [0.2, 0.25) is 0 Å². The number of nitro groups is 1. The van der Waals surface area contributed by atoms with E-state index in [1.54, 1.807) is 46.9 Å². The van der Waals surface area contributed by atoms with Gasteiger partial charge in [0.25, 0.3) is 11.6 Å². The van der Waals surface area contributed by atoms with Crippen molar-refractivity contribution in [2.24, 2.45) is 0 Å². The van der Waals surface area contributed by atoms with Gasteiger partial charge in [0, 0.05) is 17.8 Å². The number of non-ortho nitro benzene ring substituents is 1. The summed E-state index contributed by atoms with van der Waals surface area (Å²) in [7, 11) is 0. The zero-order valence-corrected chi connectivity index (χ0v) is 16.6. The topological polar surface area (TPSA) is 102 Å². The lowest BCUT2D eigenvalue weighted by Gasteiger charge is -2.10. The molecule has 3 aromatic rings. The first-order valence-electron chi connectivity index (χ1n) is 8.19. The van der Waals surface area contributed by atoms with Crippen LogP contribution in [0, 0.1) is 13.7 Å². The maximum absolute atomic E-state index is 12.4. The molecule has 2 N–H and O–H groups in total. The molecule has 0 fully saturated rings. The average molecular weight is 490 g/mol. The molecule has 0 saturated carbocycles. The third-order valence-electron chi connectivity index (χ3n) is 3.86. The Kier molecular flexibility index (Phi) is 6.09. The maximum atomic E-state index is 12.4. The van der Waals surface area contributed by atoms with Gasteiger partial charge in [-0.2, -0.15) is 0 Å². The molecule has 0 radical (unpaired) electrons. The molecule has 0 heterocycles. The van der Waals surface area contributed by atoms with Crippen molar-refractivity contribution in [2.45, 2.75) is 6.61 Å². The van der Waals surface area contributed by atoms with Crippen LogP contribution in [0.15, 0.2) is 66.7 Å². The molecule has 1 amide bonds. The van der Waals surface area contributed by atoms with E-state index in [4.69, 9.17) is 4.74 Å². The number of phenolic OH excluding ortho intramolecular Hbond substituents is 1. The molecule has 0 saturated heterocycles. The molecule has 0 spiro atoms. The lowest BCUT2D eigenvalue weighted by Crippen LogP contribution is -2.13. The third kappa shape index (κ3) is 4.77. The lowest BCUT2D eigenvalue weighted by atomic mass is 10.1. The number of amides is 1. The molecule has 28 heavy (non-hydrogen) atoms.